The third kappa shape index (κ3) is 18.4. The molecule has 1 amide bonds. The summed E-state index contributed by atoms with van der Waals surface area (Å²) >= 11 is 0. The highest BCUT2D eigenvalue weighted by Crippen LogP contribution is 2.36. The quantitative estimate of drug-likeness (QED) is 0.126. The Morgan fingerprint density at radius 2 is 1.11 bits per heavy atom. The van der Waals surface area contributed by atoms with Gasteiger partial charge in [-0.25, -0.2) is 15.0 Å². The fourth-order valence-electron chi connectivity index (χ4n) is 6.08. The number of rotatable bonds is 8. The molecule has 63 heavy (non-hydrogen) atoms. The molecule has 12 nitrogen and oxygen atoms in total. The highest BCUT2D eigenvalue weighted by atomic mass is 19.4. The Morgan fingerprint density at radius 3 is 1.41 bits per heavy atom. The molecule has 6 rings (SSSR count). The predicted octanol–water partition coefficient (Wildman–Crippen LogP) is 10.3. The average Bonchev–Trinajstić information content (AvgIpc) is 3.28. The van der Waals surface area contributed by atoms with E-state index in [9.17, 15) is 35.9 Å². The van der Waals surface area contributed by atoms with Crippen molar-refractivity contribution in [2.24, 2.45) is 11.5 Å². The van der Waals surface area contributed by atoms with Gasteiger partial charge in [-0.15, -0.1) is 0 Å². The molecule has 4 aromatic rings. The van der Waals surface area contributed by atoms with E-state index >= 15 is 0 Å². The molecule has 340 valence electrons. The first-order chi connectivity index (χ1) is 29.9. The summed E-state index contributed by atoms with van der Waals surface area (Å²) in [7, 11) is 1.50. The minimum atomic E-state index is -4.53. The molecular weight excluding hydrogens is 831 g/mol. The van der Waals surface area contributed by atoms with Gasteiger partial charge in [0.15, 0.2) is 6.29 Å². The number of nitrogens with zero attached hydrogens (tertiary/aromatic N) is 6. The van der Waals surface area contributed by atoms with Gasteiger partial charge in [-0.05, 0) is 101 Å². The van der Waals surface area contributed by atoms with Crippen molar-refractivity contribution >= 4 is 12.2 Å². The second-order valence-corrected chi connectivity index (χ2v) is 14.9. The number of aldehydes is 1. The van der Waals surface area contributed by atoms with Gasteiger partial charge in [0.05, 0.1) is 64.1 Å². The average molecular weight is 885 g/mol. The van der Waals surface area contributed by atoms with Crippen LogP contribution in [0, 0.1) is 22.7 Å². The van der Waals surface area contributed by atoms with E-state index in [1.165, 1.54) is 49.9 Å². The second kappa shape index (κ2) is 26.4. The Balaban J connectivity index is 0.000000293. The Hall–Kier alpha value is -6.14. The zero-order valence-corrected chi connectivity index (χ0v) is 36.0. The highest BCUT2D eigenvalue weighted by Gasteiger charge is 2.35. The maximum Gasteiger partial charge on any atom is 0.417 e. The summed E-state index contributed by atoms with van der Waals surface area (Å²) in [6.07, 6.45) is 7.71. The smallest absolute Gasteiger partial charge is 0.417 e. The number of hydrogen-bond donors (Lipinski definition) is 2. The molecule has 2 aromatic carbocycles. The third-order valence-electron chi connectivity index (χ3n) is 9.40. The Kier molecular flexibility index (Phi) is 22.2. The maximum atomic E-state index is 12.8. The van der Waals surface area contributed by atoms with Crippen molar-refractivity contribution in [3.8, 4) is 23.6 Å². The van der Waals surface area contributed by atoms with E-state index in [0.717, 1.165) is 94.1 Å². The number of carbonyl (C=O) groups is 2. The SMILES string of the molecule is CC(C)c1cnc(C(N)=O)cn1.CC(C)c1ncc(C=O)cn1.CN.N#Cc1ccc(OC2CCCCC2)cc1C(F)(F)F.N#Cc1ccc(OC2CCCCC2)cc1C(F)(F)F. The Labute approximate surface area is 364 Å². The number of halogens is 6. The van der Waals surface area contributed by atoms with Crippen molar-refractivity contribution in [1.82, 2.24) is 19.9 Å². The largest absolute Gasteiger partial charge is 0.490 e. The van der Waals surface area contributed by atoms with Crippen LogP contribution in [-0.2, 0) is 12.4 Å². The number of ether oxygens (including phenoxy) is 2. The molecular formula is C45H54F6N8O4. The van der Waals surface area contributed by atoms with E-state index in [2.05, 4.69) is 25.7 Å². The molecule has 4 N–H and O–H groups in total. The topological polar surface area (TPSA) is 204 Å². The van der Waals surface area contributed by atoms with Gasteiger partial charge in [0.1, 0.15) is 23.0 Å². The summed E-state index contributed by atoms with van der Waals surface area (Å²) < 4.78 is 87.9. The monoisotopic (exact) mass is 884 g/mol. The van der Waals surface area contributed by atoms with Crippen LogP contribution in [0.3, 0.4) is 0 Å². The van der Waals surface area contributed by atoms with E-state index in [1.54, 1.807) is 18.3 Å². The van der Waals surface area contributed by atoms with Crippen LogP contribution >= 0.6 is 0 Å². The Bertz CT molecular complexity index is 2000. The lowest BCUT2D eigenvalue weighted by molar-refractivity contribution is -0.138. The van der Waals surface area contributed by atoms with E-state index in [1.807, 2.05) is 27.7 Å². The summed E-state index contributed by atoms with van der Waals surface area (Å²) in [5.41, 5.74) is 8.49. The summed E-state index contributed by atoms with van der Waals surface area (Å²) in [4.78, 5) is 36.7. The van der Waals surface area contributed by atoms with E-state index < -0.39 is 29.4 Å². The third-order valence-corrected chi connectivity index (χ3v) is 9.40. The number of nitriles is 2. The molecule has 0 spiro atoms. The molecule has 2 fully saturated rings. The number of alkyl halides is 6. The number of carbonyl (C=O) groups excluding carboxylic acids is 2. The van der Waals surface area contributed by atoms with Crippen LogP contribution in [0.5, 0.6) is 11.5 Å². The van der Waals surface area contributed by atoms with Crippen molar-refractivity contribution < 1.29 is 45.4 Å². The van der Waals surface area contributed by atoms with Crippen LogP contribution in [0.1, 0.15) is 158 Å². The van der Waals surface area contributed by atoms with Crippen molar-refractivity contribution in [1.29, 1.82) is 10.5 Å². The summed E-state index contributed by atoms with van der Waals surface area (Å²) in [6.45, 7) is 8.04. The minimum absolute atomic E-state index is 0.0113. The molecule has 0 aliphatic heterocycles. The standard InChI is InChI=1S/2C14H14F3NO.C8H11N3O.C8H10N2O.CH5N/c2*15-14(16,17)13-8-12(7-6-10(13)9-18)19-11-4-2-1-3-5-11;1-5(2)6-3-11-7(4-10-6)8(9)12;1-6(2)8-9-3-7(5-11)4-10-8;1-2/h2*6-8,11H,1-5H2;3-5H,1-2H3,(H2,9,12);3-6H,1-2H3;2H2,1H3. The van der Waals surface area contributed by atoms with Gasteiger partial charge in [-0.3, -0.25) is 14.6 Å². The van der Waals surface area contributed by atoms with Gasteiger partial charge in [-0.1, -0.05) is 40.5 Å². The molecule has 0 radical (unpaired) electrons. The van der Waals surface area contributed by atoms with Crippen LogP contribution < -0.4 is 20.9 Å². The maximum absolute atomic E-state index is 12.8. The molecule has 18 heteroatoms. The minimum Gasteiger partial charge on any atom is -0.490 e. The molecule has 0 atom stereocenters. The van der Waals surface area contributed by atoms with Gasteiger partial charge >= 0.3 is 12.4 Å². The summed E-state index contributed by atoms with van der Waals surface area (Å²) in [5, 5.41) is 17.4. The van der Waals surface area contributed by atoms with Crippen LogP contribution in [0.25, 0.3) is 0 Å². The number of amides is 1. The fraction of sp³-hybridized carbons (Fsp3) is 0.467. The van der Waals surface area contributed by atoms with Crippen LogP contribution in [0.4, 0.5) is 26.3 Å². The van der Waals surface area contributed by atoms with Gasteiger partial charge in [0, 0.05) is 24.5 Å². The zero-order chi connectivity index (χ0) is 47.2. The number of benzene rings is 2. The molecule has 2 aromatic heterocycles. The normalized spacial score (nSPS) is 14.0. The lowest BCUT2D eigenvalue weighted by atomic mass is 9.97. The molecule has 2 aliphatic rings. The van der Waals surface area contributed by atoms with E-state index in [-0.39, 0.29) is 40.5 Å². The van der Waals surface area contributed by atoms with Gasteiger partial charge < -0.3 is 20.9 Å². The molecule has 0 bridgehead atoms. The number of aromatic nitrogens is 4. The number of nitrogens with two attached hydrogens (primary N) is 2. The molecule has 2 heterocycles. The first kappa shape index (κ1) is 53.0. The van der Waals surface area contributed by atoms with Crippen LogP contribution in [-0.4, -0.2) is 51.4 Å². The van der Waals surface area contributed by atoms with Crippen LogP contribution in [0.15, 0.2) is 61.2 Å². The predicted molar refractivity (Wildman–Crippen MR) is 224 cm³/mol. The fourth-order valence-corrected chi connectivity index (χ4v) is 6.08. The second-order valence-electron chi connectivity index (χ2n) is 14.9. The summed E-state index contributed by atoms with van der Waals surface area (Å²) in [5.74, 6) is 1.25. The molecule has 2 aliphatic carbocycles. The lowest BCUT2D eigenvalue weighted by Gasteiger charge is -2.23. The van der Waals surface area contributed by atoms with Crippen molar-refractivity contribution in [3.63, 3.8) is 0 Å². The van der Waals surface area contributed by atoms with Gasteiger partial charge in [0.2, 0.25) is 0 Å². The first-order valence-electron chi connectivity index (χ1n) is 20.4. The van der Waals surface area contributed by atoms with Gasteiger partial charge in [0.25, 0.3) is 5.91 Å². The Morgan fingerprint density at radius 1 is 0.683 bits per heavy atom. The molecule has 0 unspecified atom stereocenters. The van der Waals surface area contributed by atoms with E-state index in [0.29, 0.717) is 17.4 Å². The lowest BCUT2D eigenvalue weighted by Crippen LogP contribution is -2.20. The highest BCUT2D eigenvalue weighted by molar-refractivity contribution is 5.90. The summed E-state index contributed by atoms with van der Waals surface area (Å²) in [6, 6.07) is 10.2. The number of hydrogen-bond acceptors (Lipinski definition) is 11. The van der Waals surface area contributed by atoms with Crippen LogP contribution in [0.2, 0.25) is 0 Å². The number of primary amides is 1. The van der Waals surface area contributed by atoms with Gasteiger partial charge in [-0.2, -0.15) is 36.9 Å². The first-order valence-corrected chi connectivity index (χ1v) is 20.4. The molecule has 2 saturated carbocycles. The van der Waals surface area contributed by atoms with Crippen molar-refractivity contribution in [2.75, 3.05) is 7.05 Å². The zero-order valence-electron chi connectivity index (χ0n) is 36.0. The van der Waals surface area contributed by atoms with E-state index in [4.69, 9.17) is 25.7 Å². The molecule has 0 saturated heterocycles. The van der Waals surface area contributed by atoms with Crippen molar-refractivity contribution in [2.45, 2.75) is 128 Å². The van der Waals surface area contributed by atoms with Crippen molar-refractivity contribution in [3.05, 3.63) is 106 Å².